The Morgan fingerprint density at radius 2 is 0.750 bits per heavy atom. The first-order valence-corrected chi connectivity index (χ1v) is 19.1. The summed E-state index contributed by atoms with van der Waals surface area (Å²) in [6.07, 6.45) is 0. The second-order valence-corrected chi connectivity index (χ2v) is 14.1. The Balaban J connectivity index is 1.25. The van der Waals surface area contributed by atoms with Gasteiger partial charge in [-0.15, -0.1) is 0 Å². The Labute approximate surface area is 327 Å². The summed E-state index contributed by atoms with van der Waals surface area (Å²) in [6.45, 7) is 0. The Kier molecular flexibility index (Phi) is 8.55. The van der Waals surface area contributed by atoms with E-state index in [9.17, 15) is 0 Å². The van der Waals surface area contributed by atoms with Gasteiger partial charge >= 0.3 is 0 Å². The van der Waals surface area contributed by atoms with Crippen molar-refractivity contribution in [2.45, 2.75) is 0 Å². The fourth-order valence-electron chi connectivity index (χ4n) is 7.96. The second kappa shape index (κ2) is 14.4. The zero-order chi connectivity index (χ0) is 37.3. The van der Waals surface area contributed by atoms with Crippen LogP contribution in [-0.2, 0) is 0 Å². The van der Waals surface area contributed by atoms with Crippen molar-refractivity contribution < 1.29 is 4.42 Å². The van der Waals surface area contributed by atoms with Gasteiger partial charge in [0, 0.05) is 27.6 Å². The van der Waals surface area contributed by atoms with E-state index in [4.69, 9.17) is 4.42 Å². The highest BCUT2D eigenvalue weighted by Crippen LogP contribution is 2.51. The van der Waals surface area contributed by atoms with Gasteiger partial charge in [0.15, 0.2) is 5.58 Å². The van der Waals surface area contributed by atoms with Crippen LogP contribution in [0.3, 0.4) is 0 Å². The van der Waals surface area contributed by atoms with Crippen molar-refractivity contribution in [1.82, 2.24) is 0 Å². The number of rotatable bonds is 8. The lowest BCUT2D eigenvalue weighted by Gasteiger charge is -2.31. The van der Waals surface area contributed by atoms with Crippen LogP contribution in [0.5, 0.6) is 0 Å². The number of anilines is 3. The Hall–Kier alpha value is -7.42. The van der Waals surface area contributed by atoms with Crippen LogP contribution in [0.1, 0.15) is 0 Å². The van der Waals surface area contributed by atoms with Crippen LogP contribution < -0.4 is 4.90 Å². The lowest BCUT2D eigenvalue weighted by Crippen LogP contribution is -2.13. The molecule has 0 fully saturated rings. The molecule has 0 radical (unpaired) electrons. The van der Waals surface area contributed by atoms with Crippen LogP contribution in [0.2, 0.25) is 0 Å². The number of benzene rings is 9. The van der Waals surface area contributed by atoms with Gasteiger partial charge in [-0.2, -0.15) is 0 Å². The van der Waals surface area contributed by atoms with Gasteiger partial charge in [0.1, 0.15) is 5.58 Å². The number of hydrogen-bond donors (Lipinski definition) is 0. The van der Waals surface area contributed by atoms with E-state index in [1.807, 2.05) is 6.07 Å². The lowest BCUT2D eigenvalue weighted by atomic mass is 9.89. The molecule has 0 aliphatic carbocycles. The van der Waals surface area contributed by atoms with Gasteiger partial charge in [-0.25, -0.2) is 0 Å². The molecule has 0 aliphatic heterocycles. The minimum absolute atomic E-state index is 0.846. The third-order valence-electron chi connectivity index (χ3n) is 10.7. The fourth-order valence-corrected chi connectivity index (χ4v) is 7.96. The van der Waals surface area contributed by atoms with Gasteiger partial charge in [-0.05, 0) is 87.0 Å². The van der Waals surface area contributed by atoms with E-state index in [0.717, 1.165) is 72.4 Å². The number of furan rings is 1. The highest BCUT2D eigenvalue weighted by atomic mass is 16.3. The number of para-hydroxylation sites is 2. The van der Waals surface area contributed by atoms with Crippen molar-refractivity contribution in [2.75, 3.05) is 4.90 Å². The molecule has 10 aromatic rings. The number of hydrogen-bond acceptors (Lipinski definition) is 2. The quantitative estimate of drug-likeness (QED) is 0.156. The van der Waals surface area contributed by atoms with Crippen molar-refractivity contribution in [3.8, 4) is 55.6 Å². The SMILES string of the molecule is c1ccc(-c2cccc(-c3ccc(N(c4c(-c5ccccc5)cc(-c5ccccc5)cc4-c4ccccc4)c4cccc5c4oc4ccccc45)cc3)c2)cc1. The summed E-state index contributed by atoms with van der Waals surface area (Å²) in [4.78, 5) is 2.41. The molecule has 0 saturated heterocycles. The molecule has 0 spiro atoms. The maximum atomic E-state index is 6.80. The fraction of sp³-hybridized carbons (Fsp3) is 0. The molecule has 1 heterocycles. The molecule has 0 unspecified atom stereocenters. The highest BCUT2D eigenvalue weighted by molar-refractivity contribution is 6.12. The van der Waals surface area contributed by atoms with Gasteiger partial charge in [0.05, 0.1) is 11.4 Å². The van der Waals surface area contributed by atoms with Crippen LogP contribution in [0.25, 0.3) is 77.6 Å². The third kappa shape index (κ3) is 6.14. The standard InChI is InChI=1S/C54H37NO/c1-5-17-38(18-6-1)43-25-15-26-44(35-43)40-31-33-46(34-32-40)55(51-29-16-28-48-47-27-13-14-30-52(47)56-54(48)51)53-49(41-21-9-3-10-22-41)36-45(39-19-7-2-8-20-39)37-50(53)42-23-11-4-12-24-42/h1-37H. The summed E-state index contributed by atoms with van der Waals surface area (Å²) in [7, 11) is 0. The van der Waals surface area contributed by atoms with E-state index in [0.29, 0.717) is 0 Å². The molecule has 56 heavy (non-hydrogen) atoms. The molecule has 0 amide bonds. The number of fused-ring (bicyclic) bond motifs is 3. The zero-order valence-corrected chi connectivity index (χ0v) is 30.7. The molecule has 0 atom stereocenters. The van der Waals surface area contributed by atoms with E-state index in [2.05, 4.69) is 223 Å². The van der Waals surface area contributed by atoms with Crippen molar-refractivity contribution in [3.63, 3.8) is 0 Å². The molecule has 2 heteroatoms. The summed E-state index contributed by atoms with van der Waals surface area (Å²) in [6, 6.07) is 80.1. The molecule has 9 aromatic carbocycles. The zero-order valence-electron chi connectivity index (χ0n) is 30.7. The molecular formula is C54H37NO. The summed E-state index contributed by atoms with van der Waals surface area (Å²) < 4.78 is 6.80. The van der Waals surface area contributed by atoms with Gasteiger partial charge in [-0.3, -0.25) is 0 Å². The van der Waals surface area contributed by atoms with Crippen LogP contribution >= 0.6 is 0 Å². The van der Waals surface area contributed by atoms with Crippen molar-refractivity contribution in [3.05, 3.63) is 224 Å². The molecule has 1 aromatic heterocycles. The Morgan fingerprint density at radius 3 is 1.34 bits per heavy atom. The van der Waals surface area contributed by atoms with Crippen LogP contribution in [-0.4, -0.2) is 0 Å². The summed E-state index contributed by atoms with van der Waals surface area (Å²) in [5.41, 5.74) is 16.4. The van der Waals surface area contributed by atoms with Crippen molar-refractivity contribution in [2.24, 2.45) is 0 Å². The normalized spacial score (nSPS) is 11.2. The molecule has 0 aliphatic rings. The predicted octanol–water partition coefficient (Wildman–Crippen LogP) is 15.4. The third-order valence-corrected chi connectivity index (χ3v) is 10.7. The first-order chi connectivity index (χ1) is 27.8. The molecule has 10 rings (SSSR count). The van der Waals surface area contributed by atoms with Crippen molar-refractivity contribution in [1.29, 1.82) is 0 Å². The van der Waals surface area contributed by atoms with Crippen molar-refractivity contribution >= 4 is 39.0 Å². The average molecular weight is 716 g/mol. The van der Waals surface area contributed by atoms with E-state index < -0.39 is 0 Å². The van der Waals surface area contributed by atoms with Crippen LogP contribution in [0, 0.1) is 0 Å². The van der Waals surface area contributed by atoms with E-state index in [1.165, 1.54) is 22.3 Å². The van der Waals surface area contributed by atoms with E-state index in [-0.39, 0.29) is 0 Å². The molecule has 0 N–H and O–H groups in total. The molecule has 264 valence electrons. The van der Waals surface area contributed by atoms with Crippen LogP contribution in [0.4, 0.5) is 17.1 Å². The van der Waals surface area contributed by atoms with E-state index >= 15 is 0 Å². The van der Waals surface area contributed by atoms with Gasteiger partial charge in [-0.1, -0.05) is 182 Å². The molecule has 0 saturated carbocycles. The largest absolute Gasteiger partial charge is 0.454 e. The monoisotopic (exact) mass is 715 g/mol. The molecular weight excluding hydrogens is 679 g/mol. The molecule has 0 bridgehead atoms. The summed E-state index contributed by atoms with van der Waals surface area (Å²) in [5, 5.41) is 2.19. The second-order valence-electron chi connectivity index (χ2n) is 14.1. The minimum Gasteiger partial charge on any atom is -0.454 e. The smallest absolute Gasteiger partial charge is 0.159 e. The highest BCUT2D eigenvalue weighted by Gasteiger charge is 2.26. The Morgan fingerprint density at radius 1 is 0.304 bits per heavy atom. The van der Waals surface area contributed by atoms with Gasteiger partial charge in [0.25, 0.3) is 0 Å². The predicted molar refractivity (Wildman–Crippen MR) is 236 cm³/mol. The number of nitrogens with zero attached hydrogens (tertiary/aromatic N) is 1. The maximum Gasteiger partial charge on any atom is 0.159 e. The average Bonchev–Trinajstić information content (AvgIpc) is 3.67. The first-order valence-electron chi connectivity index (χ1n) is 19.1. The minimum atomic E-state index is 0.846. The topological polar surface area (TPSA) is 16.4 Å². The molecule has 2 nitrogen and oxygen atoms in total. The van der Waals surface area contributed by atoms with E-state index in [1.54, 1.807) is 0 Å². The van der Waals surface area contributed by atoms with Gasteiger partial charge in [0.2, 0.25) is 0 Å². The summed E-state index contributed by atoms with van der Waals surface area (Å²) >= 11 is 0. The summed E-state index contributed by atoms with van der Waals surface area (Å²) in [5.74, 6) is 0. The van der Waals surface area contributed by atoms with Crippen LogP contribution in [0.15, 0.2) is 229 Å². The first kappa shape index (κ1) is 33.2. The maximum absolute atomic E-state index is 6.80. The Bertz CT molecular complexity index is 2870. The van der Waals surface area contributed by atoms with Gasteiger partial charge < -0.3 is 9.32 Å². The lowest BCUT2D eigenvalue weighted by molar-refractivity contribution is 0.669.